The lowest BCUT2D eigenvalue weighted by Gasteiger charge is -2.37. The van der Waals surface area contributed by atoms with E-state index in [4.69, 9.17) is 4.74 Å². The van der Waals surface area contributed by atoms with Gasteiger partial charge in [-0.15, -0.1) is 0 Å². The van der Waals surface area contributed by atoms with Gasteiger partial charge in [-0.3, -0.25) is 0 Å². The number of hydrogen-bond acceptors (Lipinski definition) is 2. The third kappa shape index (κ3) is 3.50. The minimum absolute atomic E-state index is 0.299. The Balaban J connectivity index is 1.36. The average Bonchev–Trinajstić information content (AvgIpc) is 3.46. The van der Waals surface area contributed by atoms with Crippen molar-refractivity contribution < 1.29 is 4.74 Å². The van der Waals surface area contributed by atoms with Crippen molar-refractivity contribution in [3.05, 3.63) is 83.9 Å². The van der Waals surface area contributed by atoms with E-state index >= 15 is 0 Å². The van der Waals surface area contributed by atoms with Crippen LogP contribution in [0.4, 0.5) is 5.69 Å². The van der Waals surface area contributed by atoms with E-state index in [1.54, 1.807) is 0 Å². The van der Waals surface area contributed by atoms with Gasteiger partial charge in [0.25, 0.3) is 0 Å². The third-order valence-corrected chi connectivity index (χ3v) is 7.77. The van der Waals surface area contributed by atoms with Crippen LogP contribution in [-0.4, -0.2) is 11.2 Å². The molecule has 1 N–H and O–H groups in total. The molecule has 0 bridgehead atoms. The van der Waals surface area contributed by atoms with E-state index < -0.39 is 0 Å². The number of nitrogens with one attached hydrogen (secondary N) is 1. The predicted molar refractivity (Wildman–Crippen MR) is 143 cm³/mol. The SMILES string of the molecule is CCn1c2ccccc2c2cc(C3Nc4ccc(OCCC(C)C)cc4C4C=CCC43)ccc21. The predicted octanol–water partition coefficient (Wildman–Crippen LogP) is 8.07. The molecular formula is C31H34N2O. The van der Waals surface area contributed by atoms with Crippen molar-refractivity contribution in [1.82, 2.24) is 4.57 Å². The van der Waals surface area contributed by atoms with Gasteiger partial charge in [-0.1, -0.05) is 50.3 Å². The molecule has 4 aromatic rings. The molecule has 0 amide bonds. The Kier molecular flexibility index (Phi) is 5.36. The number of para-hydroxylation sites is 1. The van der Waals surface area contributed by atoms with Crippen molar-refractivity contribution in [1.29, 1.82) is 0 Å². The number of aromatic nitrogens is 1. The van der Waals surface area contributed by atoms with Gasteiger partial charge in [-0.2, -0.15) is 0 Å². The van der Waals surface area contributed by atoms with Gasteiger partial charge in [0.1, 0.15) is 5.75 Å². The quantitative estimate of drug-likeness (QED) is 0.301. The van der Waals surface area contributed by atoms with Crippen LogP contribution >= 0.6 is 0 Å². The molecule has 0 fully saturated rings. The summed E-state index contributed by atoms with van der Waals surface area (Å²) in [7, 11) is 0. The van der Waals surface area contributed by atoms with Crippen molar-refractivity contribution in [3.63, 3.8) is 0 Å². The molecule has 3 atom stereocenters. The molecule has 174 valence electrons. The fourth-order valence-corrected chi connectivity index (χ4v) is 6.01. The summed E-state index contributed by atoms with van der Waals surface area (Å²) in [6.45, 7) is 8.47. The summed E-state index contributed by atoms with van der Waals surface area (Å²) in [5.74, 6) is 2.61. The number of fused-ring (bicyclic) bond motifs is 6. The van der Waals surface area contributed by atoms with Crippen molar-refractivity contribution in [2.24, 2.45) is 11.8 Å². The average molecular weight is 451 g/mol. The summed E-state index contributed by atoms with van der Waals surface area (Å²) in [4.78, 5) is 0. The van der Waals surface area contributed by atoms with Crippen LogP contribution in [0.3, 0.4) is 0 Å². The Hall–Kier alpha value is -3.20. The molecule has 1 aliphatic carbocycles. The van der Waals surface area contributed by atoms with Gasteiger partial charge in [-0.25, -0.2) is 0 Å². The van der Waals surface area contributed by atoms with Crippen molar-refractivity contribution >= 4 is 27.5 Å². The summed E-state index contributed by atoms with van der Waals surface area (Å²) in [6.07, 6.45) is 6.97. The molecule has 1 aromatic heterocycles. The first-order chi connectivity index (χ1) is 16.6. The lowest BCUT2D eigenvalue weighted by molar-refractivity contribution is 0.289. The van der Waals surface area contributed by atoms with Crippen LogP contribution in [0.2, 0.25) is 0 Å². The molecule has 0 spiro atoms. The summed E-state index contributed by atoms with van der Waals surface area (Å²) >= 11 is 0. The molecule has 3 heteroatoms. The van der Waals surface area contributed by atoms with Crippen LogP contribution in [0.25, 0.3) is 21.8 Å². The molecular weight excluding hydrogens is 416 g/mol. The summed E-state index contributed by atoms with van der Waals surface area (Å²) < 4.78 is 8.52. The summed E-state index contributed by atoms with van der Waals surface area (Å²) in [5, 5.41) is 6.63. The first kappa shape index (κ1) is 21.3. The number of aryl methyl sites for hydroxylation is 1. The maximum absolute atomic E-state index is 6.09. The van der Waals surface area contributed by atoms with Crippen LogP contribution in [0, 0.1) is 11.8 Å². The van der Waals surface area contributed by atoms with Gasteiger partial charge in [0.05, 0.1) is 12.6 Å². The topological polar surface area (TPSA) is 26.2 Å². The van der Waals surface area contributed by atoms with E-state index in [9.17, 15) is 0 Å². The molecule has 0 radical (unpaired) electrons. The van der Waals surface area contributed by atoms with Gasteiger partial charge >= 0.3 is 0 Å². The molecule has 3 nitrogen and oxygen atoms in total. The van der Waals surface area contributed by atoms with Crippen LogP contribution in [0.5, 0.6) is 5.75 Å². The maximum atomic E-state index is 6.09. The lowest BCUT2D eigenvalue weighted by Crippen LogP contribution is -2.29. The number of rotatable bonds is 6. The van der Waals surface area contributed by atoms with Gasteiger partial charge in [0.2, 0.25) is 0 Å². The normalized spacial score (nSPS) is 21.1. The fraction of sp³-hybridized carbons (Fsp3) is 0.355. The van der Waals surface area contributed by atoms with Crippen LogP contribution < -0.4 is 10.1 Å². The summed E-state index contributed by atoms with van der Waals surface area (Å²) in [5.41, 5.74) is 6.65. The molecule has 6 rings (SSSR count). The van der Waals surface area contributed by atoms with E-state index in [-0.39, 0.29) is 0 Å². The zero-order valence-electron chi connectivity index (χ0n) is 20.4. The standard InChI is InChI=1S/C31H34N2O/c1-4-33-29-11-6-5-8-24(29)27-18-21(12-15-30(27)33)31-25-10-7-9-23(25)26-19-22(13-14-28(26)32-31)34-17-16-20(2)3/h5-9,11-15,18-20,23,25,31-32H,4,10,16-17H2,1-3H3. The van der Waals surface area contributed by atoms with Crippen LogP contribution in [0.15, 0.2) is 72.8 Å². The van der Waals surface area contributed by atoms with Crippen LogP contribution in [-0.2, 0) is 6.54 Å². The highest BCUT2D eigenvalue weighted by Crippen LogP contribution is 2.51. The number of nitrogens with zero attached hydrogens (tertiary/aromatic N) is 1. The second-order valence-corrected chi connectivity index (χ2v) is 10.3. The Morgan fingerprint density at radius 1 is 1.00 bits per heavy atom. The number of allylic oxidation sites excluding steroid dienone is 2. The molecule has 1 aliphatic heterocycles. The molecule has 2 heterocycles. The Labute approximate surface area is 202 Å². The highest BCUT2D eigenvalue weighted by molar-refractivity contribution is 6.08. The monoisotopic (exact) mass is 450 g/mol. The smallest absolute Gasteiger partial charge is 0.119 e. The maximum Gasteiger partial charge on any atom is 0.119 e. The highest BCUT2D eigenvalue weighted by Gasteiger charge is 2.38. The minimum atomic E-state index is 0.299. The van der Waals surface area contributed by atoms with Crippen molar-refractivity contribution in [2.75, 3.05) is 11.9 Å². The second-order valence-electron chi connectivity index (χ2n) is 10.3. The zero-order chi connectivity index (χ0) is 23.2. The third-order valence-electron chi connectivity index (χ3n) is 7.77. The number of anilines is 1. The van der Waals surface area contributed by atoms with Gasteiger partial charge in [0.15, 0.2) is 0 Å². The van der Waals surface area contributed by atoms with E-state index in [1.165, 1.54) is 38.6 Å². The van der Waals surface area contributed by atoms with E-state index in [0.717, 1.165) is 31.7 Å². The molecule has 3 aromatic carbocycles. The van der Waals surface area contributed by atoms with Crippen LogP contribution in [0.1, 0.15) is 56.7 Å². The second kappa shape index (κ2) is 8.54. The Morgan fingerprint density at radius 3 is 2.71 bits per heavy atom. The van der Waals surface area contributed by atoms with Gasteiger partial charge in [-0.05, 0) is 79.1 Å². The van der Waals surface area contributed by atoms with E-state index in [0.29, 0.717) is 23.8 Å². The molecule has 0 saturated carbocycles. The number of ether oxygens (including phenoxy) is 1. The highest BCUT2D eigenvalue weighted by atomic mass is 16.5. The van der Waals surface area contributed by atoms with Crippen molar-refractivity contribution in [3.8, 4) is 5.75 Å². The van der Waals surface area contributed by atoms with E-state index in [1.807, 2.05) is 0 Å². The Morgan fingerprint density at radius 2 is 1.85 bits per heavy atom. The summed E-state index contributed by atoms with van der Waals surface area (Å²) in [6, 6.07) is 22.8. The number of benzene rings is 3. The molecule has 3 unspecified atom stereocenters. The zero-order valence-corrected chi connectivity index (χ0v) is 20.4. The number of hydrogen-bond donors (Lipinski definition) is 1. The van der Waals surface area contributed by atoms with Gasteiger partial charge < -0.3 is 14.6 Å². The lowest BCUT2D eigenvalue weighted by atomic mass is 9.77. The van der Waals surface area contributed by atoms with Crippen molar-refractivity contribution in [2.45, 2.75) is 52.1 Å². The molecule has 2 aliphatic rings. The Bertz CT molecular complexity index is 1380. The molecule has 34 heavy (non-hydrogen) atoms. The first-order valence-electron chi connectivity index (χ1n) is 12.8. The van der Waals surface area contributed by atoms with Gasteiger partial charge in [0, 0.05) is 40.0 Å². The first-order valence-corrected chi connectivity index (χ1v) is 12.8. The minimum Gasteiger partial charge on any atom is -0.494 e. The largest absolute Gasteiger partial charge is 0.494 e. The fourth-order valence-electron chi connectivity index (χ4n) is 6.01. The van der Waals surface area contributed by atoms with E-state index in [2.05, 4.69) is 103 Å². The molecule has 0 saturated heterocycles.